The summed E-state index contributed by atoms with van der Waals surface area (Å²) in [4.78, 5) is 4.59. The van der Waals surface area contributed by atoms with Crippen LogP contribution in [-0.4, -0.2) is 32.5 Å². The van der Waals surface area contributed by atoms with Crippen LogP contribution in [-0.2, 0) is 10.0 Å². The molecule has 0 spiro atoms. The van der Waals surface area contributed by atoms with Crippen molar-refractivity contribution in [2.45, 2.75) is 31.2 Å². The monoisotopic (exact) mass is 319 g/mol. The molecule has 0 aliphatic carbocycles. The number of nitrogens with one attached hydrogen (secondary N) is 2. The van der Waals surface area contributed by atoms with Gasteiger partial charge in [0.15, 0.2) is 0 Å². The van der Waals surface area contributed by atoms with Crippen LogP contribution in [0.15, 0.2) is 35.4 Å². The van der Waals surface area contributed by atoms with Gasteiger partial charge >= 0.3 is 0 Å². The van der Waals surface area contributed by atoms with Crippen molar-refractivity contribution < 1.29 is 8.42 Å². The summed E-state index contributed by atoms with van der Waals surface area (Å²) in [5.74, 6) is 0.272. The number of fused-ring (bicyclic) bond motifs is 1. The fraction of sp³-hybridized carbons (Fsp3) is 0.438. The summed E-state index contributed by atoms with van der Waals surface area (Å²) in [6.45, 7) is 5.68. The second kappa shape index (κ2) is 5.95. The van der Waals surface area contributed by atoms with E-state index in [2.05, 4.69) is 21.9 Å². The van der Waals surface area contributed by atoms with Crippen LogP contribution in [0.5, 0.6) is 0 Å². The van der Waals surface area contributed by atoms with E-state index in [9.17, 15) is 8.42 Å². The molecule has 1 fully saturated rings. The largest absolute Gasteiger partial charge is 0.316 e. The molecule has 22 heavy (non-hydrogen) atoms. The van der Waals surface area contributed by atoms with Crippen LogP contribution < -0.4 is 10.0 Å². The molecule has 5 nitrogen and oxygen atoms in total. The fourth-order valence-electron chi connectivity index (χ4n) is 2.91. The smallest absolute Gasteiger partial charge is 0.242 e. The summed E-state index contributed by atoms with van der Waals surface area (Å²) in [7, 11) is -3.57. The standard InChI is InChI=1S/C16H21N3O2S/c1-11-8-13-4-3-5-15(16(13)18-9-11)22(20,21)19-14-6-7-17-10-12(14)2/h3-5,8-9,12,14,17,19H,6-7,10H2,1-2H3. The molecule has 3 rings (SSSR count). The molecule has 1 aliphatic rings. The van der Waals surface area contributed by atoms with Crippen LogP contribution in [0.1, 0.15) is 18.9 Å². The molecule has 0 bridgehead atoms. The van der Waals surface area contributed by atoms with Crippen LogP contribution in [0.4, 0.5) is 0 Å². The first-order chi connectivity index (χ1) is 10.5. The van der Waals surface area contributed by atoms with Crippen molar-refractivity contribution in [1.29, 1.82) is 0 Å². The Bertz CT molecular complexity index is 789. The number of rotatable bonds is 3. The van der Waals surface area contributed by atoms with Gasteiger partial charge in [0.05, 0.1) is 5.52 Å². The number of para-hydroxylation sites is 1. The molecule has 1 aromatic heterocycles. The third-order valence-corrected chi connectivity index (χ3v) is 5.71. The zero-order valence-corrected chi connectivity index (χ0v) is 13.7. The zero-order valence-electron chi connectivity index (χ0n) is 12.8. The van der Waals surface area contributed by atoms with E-state index in [1.165, 1.54) is 0 Å². The maximum atomic E-state index is 12.8. The normalized spacial score (nSPS) is 22.8. The SMILES string of the molecule is Cc1cnc2c(S(=O)(=O)NC3CCNCC3C)cccc2c1. The van der Waals surface area contributed by atoms with Crippen LogP contribution in [0.2, 0.25) is 0 Å². The highest BCUT2D eigenvalue weighted by molar-refractivity contribution is 7.89. The van der Waals surface area contributed by atoms with Crippen molar-refractivity contribution in [2.75, 3.05) is 13.1 Å². The van der Waals surface area contributed by atoms with E-state index in [0.717, 1.165) is 30.5 Å². The lowest BCUT2D eigenvalue weighted by Gasteiger charge is -2.30. The molecule has 2 aromatic rings. The number of aromatic nitrogens is 1. The van der Waals surface area contributed by atoms with Gasteiger partial charge in [-0.3, -0.25) is 4.98 Å². The highest BCUT2D eigenvalue weighted by Crippen LogP contribution is 2.23. The zero-order chi connectivity index (χ0) is 15.7. The molecule has 6 heteroatoms. The van der Waals surface area contributed by atoms with Crippen molar-refractivity contribution in [1.82, 2.24) is 15.0 Å². The van der Waals surface area contributed by atoms with E-state index < -0.39 is 10.0 Å². The van der Waals surface area contributed by atoms with Crippen LogP contribution in [0.3, 0.4) is 0 Å². The third kappa shape index (κ3) is 2.99. The minimum absolute atomic E-state index is 0.0352. The summed E-state index contributed by atoms with van der Waals surface area (Å²) in [6, 6.07) is 7.20. The van der Waals surface area contributed by atoms with Gasteiger partial charge in [0.25, 0.3) is 0 Å². The number of hydrogen-bond donors (Lipinski definition) is 2. The van der Waals surface area contributed by atoms with Crippen LogP contribution in [0.25, 0.3) is 10.9 Å². The van der Waals surface area contributed by atoms with Gasteiger partial charge in [-0.15, -0.1) is 0 Å². The van der Waals surface area contributed by atoms with Crippen molar-refractivity contribution in [3.63, 3.8) is 0 Å². The summed E-state index contributed by atoms with van der Waals surface area (Å²) in [5, 5.41) is 4.13. The maximum absolute atomic E-state index is 12.8. The van der Waals surface area contributed by atoms with E-state index in [0.29, 0.717) is 5.52 Å². The first-order valence-corrected chi connectivity index (χ1v) is 9.04. The minimum atomic E-state index is -3.57. The quantitative estimate of drug-likeness (QED) is 0.905. The summed E-state index contributed by atoms with van der Waals surface area (Å²) < 4.78 is 28.4. The van der Waals surface area contributed by atoms with Crippen LogP contribution >= 0.6 is 0 Å². The number of sulfonamides is 1. The highest BCUT2D eigenvalue weighted by Gasteiger charge is 2.27. The van der Waals surface area contributed by atoms with Gasteiger partial charge in [0.2, 0.25) is 10.0 Å². The number of piperidine rings is 1. The molecule has 0 saturated carbocycles. The lowest BCUT2D eigenvalue weighted by molar-refractivity contribution is 0.328. The molecule has 2 unspecified atom stereocenters. The molecule has 0 amide bonds. The van der Waals surface area contributed by atoms with Gasteiger partial charge in [0, 0.05) is 17.6 Å². The first-order valence-electron chi connectivity index (χ1n) is 7.56. The van der Waals surface area contributed by atoms with Gasteiger partial charge in [-0.25, -0.2) is 13.1 Å². The molecule has 0 radical (unpaired) electrons. The van der Waals surface area contributed by atoms with E-state index in [1.54, 1.807) is 18.3 Å². The summed E-state index contributed by atoms with van der Waals surface area (Å²) in [5.41, 5.74) is 1.55. The molecule has 1 saturated heterocycles. The van der Waals surface area contributed by atoms with E-state index in [-0.39, 0.29) is 16.9 Å². The highest BCUT2D eigenvalue weighted by atomic mass is 32.2. The van der Waals surface area contributed by atoms with E-state index in [1.807, 2.05) is 19.1 Å². The second-order valence-corrected chi connectivity index (χ2v) is 7.72. The Hall–Kier alpha value is -1.50. The van der Waals surface area contributed by atoms with Gasteiger partial charge in [-0.05, 0) is 50.0 Å². The van der Waals surface area contributed by atoms with E-state index >= 15 is 0 Å². The number of nitrogens with zero attached hydrogens (tertiary/aromatic N) is 1. The average Bonchev–Trinajstić information content (AvgIpc) is 2.48. The van der Waals surface area contributed by atoms with Crippen LogP contribution in [0, 0.1) is 12.8 Å². The molecular formula is C16H21N3O2S. The summed E-state index contributed by atoms with van der Waals surface area (Å²) in [6.07, 6.45) is 2.51. The van der Waals surface area contributed by atoms with Gasteiger partial charge < -0.3 is 5.32 Å². The van der Waals surface area contributed by atoms with Gasteiger partial charge in [0.1, 0.15) is 4.90 Å². The van der Waals surface area contributed by atoms with Crippen molar-refractivity contribution in [2.24, 2.45) is 5.92 Å². The number of benzene rings is 1. The van der Waals surface area contributed by atoms with Gasteiger partial charge in [-0.2, -0.15) is 0 Å². The van der Waals surface area contributed by atoms with Crippen molar-refractivity contribution in [3.05, 3.63) is 36.0 Å². The van der Waals surface area contributed by atoms with E-state index in [4.69, 9.17) is 0 Å². The second-order valence-electron chi connectivity index (χ2n) is 6.04. The molecular weight excluding hydrogens is 298 g/mol. The number of aryl methyl sites for hydroxylation is 1. The topological polar surface area (TPSA) is 71.1 Å². The number of hydrogen-bond acceptors (Lipinski definition) is 4. The molecule has 2 heterocycles. The maximum Gasteiger partial charge on any atom is 0.242 e. The molecule has 1 aliphatic heterocycles. The van der Waals surface area contributed by atoms with Crippen molar-refractivity contribution in [3.8, 4) is 0 Å². The first kappa shape index (κ1) is 15.4. The molecule has 2 N–H and O–H groups in total. The molecule has 1 aromatic carbocycles. The number of pyridine rings is 1. The van der Waals surface area contributed by atoms with Gasteiger partial charge in [-0.1, -0.05) is 19.1 Å². The van der Waals surface area contributed by atoms with Crippen molar-refractivity contribution >= 4 is 20.9 Å². The Morgan fingerprint density at radius 1 is 1.36 bits per heavy atom. The third-order valence-electron chi connectivity index (χ3n) is 4.19. The lowest BCUT2D eigenvalue weighted by Crippen LogP contribution is -2.48. The Labute approximate surface area is 131 Å². The summed E-state index contributed by atoms with van der Waals surface area (Å²) >= 11 is 0. The molecule has 2 atom stereocenters. The Morgan fingerprint density at radius 2 is 2.18 bits per heavy atom. The Balaban J connectivity index is 1.98. The molecule has 118 valence electrons. The Morgan fingerprint density at radius 3 is 2.95 bits per heavy atom. The average molecular weight is 319 g/mol. The lowest BCUT2D eigenvalue weighted by atomic mass is 9.97. The minimum Gasteiger partial charge on any atom is -0.316 e. The predicted molar refractivity (Wildman–Crippen MR) is 87.2 cm³/mol. The fourth-order valence-corrected chi connectivity index (χ4v) is 4.47. The predicted octanol–water partition coefficient (Wildman–Crippen LogP) is 1.82. The Kier molecular flexibility index (Phi) is 4.16.